The highest BCUT2D eigenvalue weighted by Crippen LogP contribution is 1.71. The molecule has 0 unspecified atom stereocenters. The second-order valence-electron chi connectivity index (χ2n) is 1.14. The van der Waals surface area contributed by atoms with Gasteiger partial charge in [-0.1, -0.05) is 6.08 Å². The summed E-state index contributed by atoms with van der Waals surface area (Å²) in [6, 6.07) is 0. The molecule has 7 heavy (non-hydrogen) atoms. The van der Waals surface area contributed by atoms with Crippen molar-refractivity contribution < 1.29 is 0 Å². The van der Waals surface area contributed by atoms with Gasteiger partial charge in [0, 0.05) is 12.3 Å². The van der Waals surface area contributed by atoms with Crippen molar-refractivity contribution in [3.63, 3.8) is 0 Å². The molecule has 0 spiro atoms. The summed E-state index contributed by atoms with van der Waals surface area (Å²) in [4.78, 5) is 0. The third-order valence-electron chi connectivity index (χ3n) is 0.545. The Labute approximate surface area is 50.2 Å². The lowest BCUT2D eigenvalue weighted by Gasteiger charge is -1.87. The minimum absolute atomic E-state index is 0.812. The third-order valence-corrected chi connectivity index (χ3v) is 0.756. The lowest BCUT2D eigenvalue weighted by molar-refractivity contribution is 0.918. The standard InChI is InChI=1S/C5H11NS/c1-2-6-4-3-5-7/h3-4,6-7H,2,5H2,1H3. The number of thiol groups is 1. The SMILES string of the molecule is CCNC=CCS. The summed E-state index contributed by atoms with van der Waals surface area (Å²) >= 11 is 3.97. The predicted molar refractivity (Wildman–Crippen MR) is 36.7 cm³/mol. The van der Waals surface area contributed by atoms with Gasteiger partial charge >= 0.3 is 0 Å². The van der Waals surface area contributed by atoms with Crippen molar-refractivity contribution in [3.05, 3.63) is 12.3 Å². The molecule has 0 aliphatic carbocycles. The molecule has 42 valence electrons. The number of nitrogens with one attached hydrogen (secondary N) is 1. The Hall–Kier alpha value is -0.110. The van der Waals surface area contributed by atoms with Crippen molar-refractivity contribution in [2.45, 2.75) is 6.92 Å². The number of rotatable bonds is 3. The second-order valence-corrected chi connectivity index (χ2v) is 1.51. The van der Waals surface area contributed by atoms with Gasteiger partial charge in [0.15, 0.2) is 0 Å². The Bertz CT molecular complexity index is 52.0. The summed E-state index contributed by atoms with van der Waals surface area (Å²) in [5.74, 6) is 0.812. The van der Waals surface area contributed by atoms with E-state index in [1.807, 2.05) is 12.3 Å². The zero-order valence-electron chi connectivity index (χ0n) is 4.52. The van der Waals surface area contributed by atoms with Crippen LogP contribution in [-0.4, -0.2) is 12.3 Å². The van der Waals surface area contributed by atoms with Crippen LogP contribution in [0.4, 0.5) is 0 Å². The van der Waals surface area contributed by atoms with Crippen molar-refractivity contribution in [3.8, 4) is 0 Å². The molecule has 0 aromatic rings. The fraction of sp³-hybridized carbons (Fsp3) is 0.600. The largest absolute Gasteiger partial charge is 0.391 e. The Morgan fingerprint density at radius 3 is 2.86 bits per heavy atom. The van der Waals surface area contributed by atoms with E-state index in [9.17, 15) is 0 Å². The first-order chi connectivity index (χ1) is 3.41. The molecule has 0 heterocycles. The van der Waals surface area contributed by atoms with Crippen LogP contribution < -0.4 is 5.32 Å². The van der Waals surface area contributed by atoms with Crippen LogP contribution in [0, 0.1) is 0 Å². The van der Waals surface area contributed by atoms with Gasteiger partial charge in [0.1, 0.15) is 0 Å². The van der Waals surface area contributed by atoms with Crippen LogP contribution in [0.15, 0.2) is 12.3 Å². The molecule has 0 fully saturated rings. The van der Waals surface area contributed by atoms with Crippen LogP contribution in [0.2, 0.25) is 0 Å². The van der Waals surface area contributed by atoms with E-state index in [0.29, 0.717) is 0 Å². The van der Waals surface area contributed by atoms with Gasteiger partial charge in [-0.05, 0) is 13.1 Å². The van der Waals surface area contributed by atoms with Crippen molar-refractivity contribution in [2.75, 3.05) is 12.3 Å². The summed E-state index contributed by atoms with van der Waals surface area (Å²) in [5.41, 5.74) is 0. The summed E-state index contributed by atoms with van der Waals surface area (Å²) in [6.45, 7) is 3.05. The second kappa shape index (κ2) is 5.89. The van der Waals surface area contributed by atoms with E-state index in [2.05, 4.69) is 24.9 Å². The molecular weight excluding hydrogens is 106 g/mol. The molecule has 0 rings (SSSR count). The monoisotopic (exact) mass is 117 g/mol. The van der Waals surface area contributed by atoms with E-state index < -0.39 is 0 Å². The van der Waals surface area contributed by atoms with Crippen molar-refractivity contribution in [1.29, 1.82) is 0 Å². The Balaban J connectivity index is 2.78. The van der Waals surface area contributed by atoms with Gasteiger partial charge in [-0.25, -0.2) is 0 Å². The predicted octanol–water partition coefficient (Wildman–Crippen LogP) is 1.04. The minimum atomic E-state index is 0.812. The van der Waals surface area contributed by atoms with E-state index in [1.165, 1.54) is 0 Å². The van der Waals surface area contributed by atoms with E-state index in [-0.39, 0.29) is 0 Å². The topological polar surface area (TPSA) is 12.0 Å². The molecule has 1 nitrogen and oxygen atoms in total. The molecule has 1 N–H and O–H groups in total. The zero-order chi connectivity index (χ0) is 5.54. The molecule has 0 aromatic heterocycles. The summed E-state index contributed by atoms with van der Waals surface area (Å²) in [6.07, 6.45) is 3.87. The van der Waals surface area contributed by atoms with Gasteiger partial charge in [0.05, 0.1) is 0 Å². The molecule has 0 aliphatic rings. The van der Waals surface area contributed by atoms with Gasteiger partial charge in [0.2, 0.25) is 0 Å². The molecule has 0 atom stereocenters. The molecular formula is C5H11NS. The molecule has 0 amide bonds. The maximum Gasteiger partial charge on any atom is 0.0112 e. The fourth-order valence-corrected chi connectivity index (χ4v) is 0.359. The lowest BCUT2D eigenvalue weighted by Crippen LogP contribution is -2.01. The quantitative estimate of drug-likeness (QED) is 0.526. The van der Waals surface area contributed by atoms with Crippen LogP contribution in [-0.2, 0) is 0 Å². The molecule has 0 saturated carbocycles. The molecule has 0 aromatic carbocycles. The molecule has 0 aliphatic heterocycles. The van der Waals surface area contributed by atoms with Crippen molar-refractivity contribution >= 4 is 12.6 Å². The first-order valence-electron chi connectivity index (χ1n) is 2.41. The smallest absolute Gasteiger partial charge is 0.0112 e. The van der Waals surface area contributed by atoms with Gasteiger partial charge in [-0.3, -0.25) is 0 Å². The molecule has 2 heteroatoms. The highest BCUT2D eigenvalue weighted by atomic mass is 32.1. The molecule has 0 radical (unpaired) electrons. The van der Waals surface area contributed by atoms with Gasteiger partial charge in [-0.15, -0.1) is 0 Å². The van der Waals surface area contributed by atoms with Crippen LogP contribution in [0.5, 0.6) is 0 Å². The Kier molecular flexibility index (Phi) is 5.80. The Morgan fingerprint density at radius 2 is 2.43 bits per heavy atom. The van der Waals surface area contributed by atoms with Crippen LogP contribution in [0.25, 0.3) is 0 Å². The molecule has 0 bridgehead atoms. The van der Waals surface area contributed by atoms with Gasteiger partial charge in [0.25, 0.3) is 0 Å². The molecule has 0 saturated heterocycles. The first kappa shape index (κ1) is 6.89. The lowest BCUT2D eigenvalue weighted by atomic mass is 10.6. The van der Waals surface area contributed by atoms with Crippen LogP contribution in [0.3, 0.4) is 0 Å². The van der Waals surface area contributed by atoms with Crippen LogP contribution in [0.1, 0.15) is 6.92 Å². The summed E-state index contributed by atoms with van der Waals surface area (Å²) in [7, 11) is 0. The summed E-state index contributed by atoms with van der Waals surface area (Å²) in [5, 5.41) is 3.02. The summed E-state index contributed by atoms with van der Waals surface area (Å²) < 4.78 is 0. The maximum absolute atomic E-state index is 3.97. The highest BCUT2D eigenvalue weighted by molar-refractivity contribution is 7.80. The van der Waals surface area contributed by atoms with E-state index in [0.717, 1.165) is 12.3 Å². The first-order valence-corrected chi connectivity index (χ1v) is 3.04. The number of hydrogen-bond donors (Lipinski definition) is 2. The maximum atomic E-state index is 3.97. The fourth-order valence-electron chi connectivity index (χ4n) is 0.254. The van der Waals surface area contributed by atoms with E-state index in [4.69, 9.17) is 0 Å². The van der Waals surface area contributed by atoms with Crippen molar-refractivity contribution in [1.82, 2.24) is 5.32 Å². The van der Waals surface area contributed by atoms with E-state index >= 15 is 0 Å². The van der Waals surface area contributed by atoms with Gasteiger partial charge in [-0.2, -0.15) is 12.6 Å². The number of hydrogen-bond acceptors (Lipinski definition) is 2. The Morgan fingerprint density at radius 1 is 1.71 bits per heavy atom. The normalized spacial score (nSPS) is 10.0. The average Bonchev–Trinajstić information content (AvgIpc) is 1.69. The van der Waals surface area contributed by atoms with E-state index in [1.54, 1.807) is 0 Å². The van der Waals surface area contributed by atoms with Crippen LogP contribution >= 0.6 is 12.6 Å². The zero-order valence-corrected chi connectivity index (χ0v) is 5.41. The third kappa shape index (κ3) is 5.89. The van der Waals surface area contributed by atoms with Crippen molar-refractivity contribution in [2.24, 2.45) is 0 Å². The average molecular weight is 117 g/mol. The minimum Gasteiger partial charge on any atom is -0.391 e. The van der Waals surface area contributed by atoms with Gasteiger partial charge < -0.3 is 5.32 Å². The highest BCUT2D eigenvalue weighted by Gasteiger charge is 1.63.